The number of H-pyrrole nitrogens is 1. The van der Waals surface area contributed by atoms with E-state index in [1.165, 1.54) is 11.5 Å². The lowest BCUT2D eigenvalue weighted by Crippen LogP contribution is -2.00. The van der Waals surface area contributed by atoms with E-state index in [9.17, 15) is 4.79 Å². The van der Waals surface area contributed by atoms with Crippen LogP contribution in [0.4, 0.5) is 0 Å². The molecule has 0 spiro atoms. The highest BCUT2D eigenvalue weighted by molar-refractivity contribution is 9.10. The van der Waals surface area contributed by atoms with Crippen molar-refractivity contribution in [2.24, 2.45) is 0 Å². The summed E-state index contributed by atoms with van der Waals surface area (Å²) < 4.78 is 3.77. The molecule has 0 saturated heterocycles. The molecule has 4 heteroatoms. The monoisotopic (exact) mass is 269 g/mol. The first-order valence-corrected chi connectivity index (χ1v) is 5.73. The fourth-order valence-corrected chi connectivity index (χ4v) is 2.34. The van der Waals surface area contributed by atoms with Crippen LogP contribution in [0.25, 0.3) is 10.4 Å². The Balaban J connectivity index is 2.55. The number of halogens is 1. The van der Waals surface area contributed by atoms with Gasteiger partial charge in [0.05, 0.1) is 4.88 Å². The van der Waals surface area contributed by atoms with Crippen molar-refractivity contribution in [1.29, 1.82) is 0 Å². The van der Waals surface area contributed by atoms with Crippen molar-refractivity contribution >= 4 is 27.5 Å². The molecule has 14 heavy (non-hydrogen) atoms. The van der Waals surface area contributed by atoms with Gasteiger partial charge < -0.3 is 0 Å². The first kappa shape index (κ1) is 9.68. The molecule has 0 bridgehead atoms. The van der Waals surface area contributed by atoms with Gasteiger partial charge >= 0.3 is 0 Å². The Morgan fingerprint density at radius 3 is 2.43 bits per heavy atom. The first-order chi connectivity index (χ1) is 6.68. The van der Waals surface area contributed by atoms with Gasteiger partial charge in [0.2, 0.25) is 0 Å². The van der Waals surface area contributed by atoms with Crippen molar-refractivity contribution in [1.82, 2.24) is 4.37 Å². The second kappa shape index (κ2) is 3.71. The van der Waals surface area contributed by atoms with Crippen molar-refractivity contribution in [2.75, 3.05) is 0 Å². The molecule has 0 radical (unpaired) electrons. The third kappa shape index (κ3) is 1.67. The van der Waals surface area contributed by atoms with Crippen LogP contribution in [0.2, 0.25) is 0 Å². The van der Waals surface area contributed by atoms with E-state index in [1.54, 1.807) is 0 Å². The molecule has 1 heterocycles. The molecule has 0 aliphatic heterocycles. The van der Waals surface area contributed by atoms with Crippen molar-refractivity contribution in [3.8, 4) is 10.4 Å². The first-order valence-electron chi connectivity index (χ1n) is 4.12. The van der Waals surface area contributed by atoms with Gasteiger partial charge in [-0.25, -0.2) is 0 Å². The highest BCUT2D eigenvalue weighted by Crippen LogP contribution is 2.25. The molecule has 2 aromatic rings. The SMILES string of the molecule is Cc1c(-c2ccc(Br)cc2)s[nH]c1=O. The minimum atomic E-state index is 0.00733. The average Bonchev–Trinajstić information content (AvgIpc) is 2.50. The molecule has 0 atom stereocenters. The average molecular weight is 270 g/mol. The molecule has 1 aromatic carbocycles. The van der Waals surface area contributed by atoms with E-state index in [-0.39, 0.29) is 5.56 Å². The summed E-state index contributed by atoms with van der Waals surface area (Å²) in [4.78, 5) is 12.2. The molecule has 0 amide bonds. The Morgan fingerprint density at radius 1 is 1.29 bits per heavy atom. The molecule has 2 rings (SSSR count). The van der Waals surface area contributed by atoms with Crippen LogP contribution < -0.4 is 5.56 Å². The predicted molar refractivity (Wildman–Crippen MR) is 62.8 cm³/mol. The number of nitrogens with one attached hydrogen (secondary N) is 1. The topological polar surface area (TPSA) is 32.9 Å². The minimum absolute atomic E-state index is 0.00733. The van der Waals surface area contributed by atoms with Crippen molar-refractivity contribution in [2.45, 2.75) is 6.92 Å². The number of aromatic nitrogens is 1. The van der Waals surface area contributed by atoms with Crippen molar-refractivity contribution < 1.29 is 0 Å². The Morgan fingerprint density at radius 2 is 1.93 bits per heavy atom. The lowest BCUT2D eigenvalue weighted by atomic mass is 10.1. The quantitative estimate of drug-likeness (QED) is 0.848. The standard InChI is InChI=1S/C10H8BrNOS/c1-6-9(14-12-10(6)13)7-2-4-8(11)5-3-7/h2-5H,1H3,(H,12,13). The maximum absolute atomic E-state index is 11.2. The van der Waals surface area contributed by atoms with Gasteiger partial charge in [-0.1, -0.05) is 39.6 Å². The summed E-state index contributed by atoms with van der Waals surface area (Å²) in [7, 11) is 0. The Hall–Kier alpha value is -0.870. The Kier molecular flexibility index (Phi) is 2.56. The zero-order valence-corrected chi connectivity index (χ0v) is 9.91. The molecule has 0 fully saturated rings. The summed E-state index contributed by atoms with van der Waals surface area (Å²) in [5.41, 5.74) is 1.87. The number of benzene rings is 1. The van der Waals surface area contributed by atoms with Crippen LogP contribution in [-0.2, 0) is 0 Å². The number of hydrogen-bond donors (Lipinski definition) is 1. The van der Waals surface area contributed by atoms with Crippen LogP contribution in [0.5, 0.6) is 0 Å². The summed E-state index contributed by atoms with van der Waals surface area (Å²) in [6, 6.07) is 7.93. The van der Waals surface area contributed by atoms with Gasteiger partial charge in [-0.3, -0.25) is 9.17 Å². The third-order valence-corrected chi connectivity index (χ3v) is 3.60. The molecule has 0 unspecified atom stereocenters. The maximum atomic E-state index is 11.2. The summed E-state index contributed by atoms with van der Waals surface area (Å²) in [5, 5.41) is 0. The van der Waals surface area contributed by atoms with Crippen LogP contribution in [0.3, 0.4) is 0 Å². The lowest BCUT2D eigenvalue weighted by molar-refractivity contribution is 1.33. The highest BCUT2D eigenvalue weighted by atomic mass is 79.9. The van der Waals surface area contributed by atoms with E-state index in [0.29, 0.717) is 0 Å². The van der Waals surface area contributed by atoms with Gasteiger partial charge in [0.25, 0.3) is 5.56 Å². The van der Waals surface area contributed by atoms with Crippen molar-refractivity contribution in [3.63, 3.8) is 0 Å². The normalized spacial score (nSPS) is 10.4. The fourth-order valence-electron chi connectivity index (χ4n) is 1.23. The molecule has 2 nitrogen and oxygen atoms in total. The van der Waals surface area contributed by atoms with Gasteiger partial charge in [0.15, 0.2) is 0 Å². The minimum Gasteiger partial charge on any atom is -0.277 e. The van der Waals surface area contributed by atoms with E-state index in [0.717, 1.165) is 20.5 Å². The smallest absolute Gasteiger partial charge is 0.261 e. The second-order valence-electron chi connectivity index (χ2n) is 2.99. The summed E-state index contributed by atoms with van der Waals surface area (Å²) >= 11 is 4.76. The molecule has 0 saturated carbocycles. The zero-order chi connectivity index (χ0) is 10.1. The molecule has 0 aliphatic rings. The Labute approximate surface area is 93.9 Å². The fraction of sp³-hybridized carbons (Fsp3) is 0.100. The van der Waals surface area contributed by atoms with E-state index in [4.69, 9.17) is 0 Å². The molecular weight excluding hydrogens is 262 g/mol. The van der Waals surface area contributed by atoms with Gasteiger partial charge in [-0.15, -0.1) is 0 Å². The summed E-state index contributed by atoms with van der Waals surface area (Å²) in [5.74, 6) is 0. The van der Waals surface area contributed by atoms with Crippen LogP contribution >= 0.6 is 27.5 Å². The largest absolute Gasteiger partial charge is 0.277 e. The summed E-state index contributed by atoms with van der Waals surface area (Å²) in [6.07, 6.45) is 0. The predicted octanol–water partition coefficient (Wildman–Crippen LogP) is 3.17. The van der Waals surface area contributed by atoms with Crippen LogP contribution in [0, 0.1) is 6.92 Å². The van der Waals surface area contributed by atoms with Crippen molar-refractivity contribution in [3.05, 3.63) is 44.7 Å². The number of rotatable bonds is 1. The molecule has 1 aromatic heterocycles. The third-order valence-electron chi connectivity index (χ3n) is 2.03. The van der Waals surface area contributed by atoms with Crippen LogP contribution in [0.1, 0.15) is 5.56 Å². The molecule has 0 aliphatic carbocycles. The van der Waals surface area contributed by atoms with E-state index in [2.05, 4.69) is 20.3 Å². The second-order valence-corrected chi connectivity index (χ2v) is 4.73. The van der Waals surface area contributed by atoms with Crippen LogP contribution in [0.15, 0.2) is 33.5 Å². The zero-order valence-electron chi connectivity index (χ0n) is 7.50. The van der Waals surface area contributed by atoms with E-state index < -0.39 is 0 Å². The Bertz CT molecular complexity index is 498. The van der Waals surface area contributed by atoms with Crippen LogP contribution in [-0.4, -0.2) is 4.37 Å². The highest BCUT2D eigenvalue weighted by Gasteiger charge is 2.07. The maximum Gasteiger partial charge on any atom is 0.261 e. The number of hydrogen-bond acceptors (Lipinski definition) is 2. The molecule has 1 N–H and O–H groups in total. The summed E-state index contributed by atoms with van der Waals surface area (Å²) in [6.45, 7) is 1.84. The van der Waals surface area contributed by atoms with Gasteiger partial charge in [0, 0.05) is 10.0 Å². The van der Waals surface area contributed by atoms with Gasteiger partial charge in [-0.2, -0.15) is 0 Å². The number of aromatic amines is 1. The van der Waals surface area contributed by atoms with E-state index >= 15 is 0 Å². The lowest BCUT2D eigenvalue weighted by Gasteiger charge is -1.97. The van der Waals surface area contributed by atoms with E-state index in [1.807, 2.05) is 31.2 Å². The van der Waals surface area contributed by atoms with Gasteiger partial charge in [-0.05, 0) is 24.6 Å². The molecule has 72 valence electrons. The molecular formula is C10H8BrNOS. The van der Waals surface area contributed by atoms with Gasteiger partial charge in [0.1, 0.15) is 0 Å².